The smallest absolute Gasteiger partial charge is 0.252 e. The number of amides is 2. The van der Waals surface area contributed by atoms with Gasteiger partial charge in [0.15, 0.2) is 0 Å². The molecule has 3 aromatic rings. The van der Waals surface area contributed by atoms with Crippen molar-refractivity contribution in [2.24, 2.45) is 11.7 Å². The summed E-state index contributed by atoms with van der Waals surface area (Å²) in [5, 5.41) is 8.41. The molecule has 7 heteroatoms. The van der Waals surface area contributed by atoms with Crippen LogP contribution in [0.2, 0.25) is 0 Å². The van der Waals surface area contributed by atoms with E-state index in [-0.39, 0.29) is 5.91 Å². The molecule has 1 unspecified atom stereocenters. The molecule has 0 spiro atoms. The van der Waals surface area contributed by atoms with Crippen LogP contribution < -0.4 is 11.1 Å². The molecule has 0 fully saturated rings. The molecule has 0 radical (unpaired) electrons. The van der Waals surface area contributed by atoms with Gasteiger partial charge in [0.25, 0.3) is 5.91 Å². The average Bonchev–Trinajstić information content (AvgIpc) is 3.30. The third-order valence-corrected chi connectivity index (χ3v) is 5.29. The molecule has 3 heterocycles. The summed E-state index contributed by atoms with van der Waals surface area (Å²) in [6.07, 6.45) is 6.28. The highest BCUT2D eigenvalue weighted by Gasteiger charge is 2.24. The van der Waals surface area contributed by atoms with Crippen LogP contribution in [-0.4, -0.2) is 33.1 Å². The Hall–Kier alpha value is -3.09. The van der Waals surface area contributed by atoms with Crippen LogP contribution in [0.25, 0.3) is 10.9 Å². The highest BCUT2D eigenvalue weighted by molar-refractivity contribution is 5.93. The molecule has 1 atom stereocenters. The number of hydrogen-bond donors (Lipinski definition) is 3. The lowest BCUT2D eigenvalue weighted by Gasteiger charge is -2.24. The first kappa shape index (κ1) is 17.3. The Morgan fingerprint density at radius 1 is 1.33 bits per heavy atom. The fourth-order valence-corrected chi connectivity index (χ4v) is 3.74. The van der Waals surface area contributed by atoms with Crippen LogP contribution in [0.3, 0.4) is 0 Å². The molecular formula is C20H23N5O2. The molecule has 7 nitrogen and oxygen atoms in total. The van der Waals surface area contributed by atoms with Gasteiger partial charge in [-0.05, 0) is 54.3 Å². The number of aromatic nitrogens is 3. The van der Waals surface area contributed by atoms with E-state index in [0.717, 1.165) is 41.5 Å². The van der Waals surface area contributed by atoms with Gasteiger partial charge >= 0.3 is 0 Å². The standard InChI is InChI=1S/C20H23N5O2/c21-20(27)16-12-24-25-8-6-14(10-18(16)25)11-23-19(26)4-2-13-1-3-17-15(9-13)5-7-22-17/h1,3,5,7,9,12,14,22H,2,4,6,8,10-11H2,(H2,21,27)(H,23,26). The second-order valence-electron chi connectivity index (χ2n) is 7.15. The molecule has 0 saturated heterocycles. The van der Waals surface area contributed by atoms with Crippen molar-refractivity contribution in [3.8, 4) is 0 Å². The maximum Gasteiger partial charge on any atom is 0.252 e. The molecule has 2 aromatic heterocycles. The van der Waals surface area contributed by atoms with Gasteiger partial charge in [-0.2, -0.15) is 5.10 Å². The number of fused-ring (bicyclic) bond motifs is 2. The number of carbonyl (C=O) groups excluding carboxylic acids is 2. The Morgan fingerprint density at radius 2 is 2.22 bits per heavy atom. The first-order chi connectivity index (χ1) is 13.1. The van der Waals surface area contributed by atoms with Gasteiger partial charge in [-0.15, -0.1) is 0 Å². The molecule has 140 valence electrons. The lowest BCUT2D eigenvalue weighted by molar-refractivity contribution is -0.121. The van der Waals surface area contributed by atoms with Crippen molar-refractivity contribution < 1.29 is 9.59 Å². The van der Waals surface area contributed by atoms with E-state index in [1.165, 1.54) is 0 Å². The van der Waals surface area contributed by atoms with Crippen molar-refractivity contribution in [3.63, 3.8) is 0 Å². The number of carbonyl (C=O) groups is 2. The quantitative estimate of drug-likeness (QED) is 0.620. The van der Waals surface area contributed by atoms with Crippen LogP contribution in [0.1, 0.15) is 34.5 Å². The van der Waals surface area contributed by atoms with E-state index < -0.39 is 5.91 Å². The highest BCUT2D eigenvalue weighted by atomic mass is 16.1. The summed E-state index contributed by atoms with van der Waals surface area (Å²) < 4.78 is 1.84. The van der Waals surface area contributed by atoms with Crippen molar-refractivity contribution in [2.45, 2.75) is 32.2 Å². The minimum Gasteiger partial charge on any atom is -0.365 e. The number of hydrogen-bond acceptors (Lipinski definition) is 3. The normalized spacial score (nSPS) is 16.2. The van der Waals surface area contributed by atoms with Crippen LogP contribution in [0.4, 0.5) is 0 Å². The summed E-state index contributed by atoms with van der Waals surface area (Å²) in [5.74, 6) is -0.0915. The van der Waals surface area contributed by atoms with Gasteiger partial charge in [-0.25, -0.2) is 0 Å². The summed E-state index contributed by atoms with van der Waals surface area (Å²) in [6, 6.07) is 8.25. The third kappa shape index (κ3) is 3.72. The summed E-state index contributed by atoms with van der Waals surface area (Å²) >= 11 is 0. The number of benzene rings is 1. The van der Waals surface area contributed by atoms with Gasteiger partial charge < -0.3 is 16.0 Å². The van der Waals surface area contributed by atoms with E-state index in [0.29, 0.717) is 30.9 Å². The Balaban J connectivity index is 1.28. The van der Waals surface area contributed by atoms with Crippen LogP contribution in [0, 0.1) is 5.92 Å². The zero-order chi connectivity index (χ0) is 18.8. The molecule has 1 aliphatic heterocycles. The first-order valence-electron chi connectivity index (χ1n) is 9.27. The van der Waals surface area contributed by atoms with Crippen LogP contribution in [0.5, 0.6) is 0 Å². The van der Waals surface area contributed by atoms with Crippen molar-refractivity contribution in [2.75, 3.05) is 6.54 Å². The second-order valence-corrected chi connectivity index (χ2v) is 7.15. The topological polar surface area (TPSA) is 106 Å². The number of nitrogens with two attached hydrogens (primary N) is 1. The van der Waals surface area contributed by atoms with Crippen LogP contribution in [0.15, 0.2) is 36.7 Å². The number of primary amides is 1. The predicted octanol–water partition coefficient (Wildman–Crippen LogP) is 1.77. The Kier molecular flexibility index (Phi) is 4.66. The van der Waals surface area contributed by atoms with Crippen molar-refractivity contribution >= 4 is 22.7 Å². The predicted molar refractivity (Wildman–Crippen MR) is 102 cm³/mol. The zero-order valence-electron chi connectivity index (χ0n) is 15.1. The molecule has 2 amide bonds. The van der Waals surface area contributed by atoms with Gasteiger partial charge in [0, 0.05) is 31.2 Å². The second kappa shape index (κ2) is 7.26. The highest BCUT2D eigenvalue weighted by Crippen LogP contribution is 2.22. The molecule has 1 aromatic carbocycles. The van der Waals surface area contributed by atoms with E-state index in [4.69, 9.17) is 5.73 Å². The average molecular weight is 365 g/mol. The fourth-order valence-electron chi connectivity index (χ4n) is 3.74. The number of nitrogens with zero attached hydrogens (tertiary/aromatic N) is 2. The van der Waals surface area contributed by atoms with E-state index >= 15 is 0 Å². The number of nitrogens with one attached hydrogen (secondary N) is 2. The van der Waals surface area contributed by atoms with Gasteiger partial charge in [-0.1, -0.05) is 6.07 Å². The van der Waals surface area contributed by atoms with Gasteiger partial charge in [-0.3, -0.25) is 14.3 Å². The van der Waals surface area contributed by atoms with Gasteiger partial charge in [0.05, 0.1) is 17.5 Å². The SMILES string of the molecule is NC(=O)c1cnn2c1CC(CNC(=O)CCc1ccc3[nH]ccc3c1)CC2. The molecule has 0 bridgehead atoms. The minimum atomic E-state index is -0.444. The Labute approximate surface area is 156 Å². The van der Waals surface area contributed by atoms with Crippen molar-refractivity contribution in [1.29, 1.82) is 0 Å². The van der Waals surface area contributed by atoms with Gasteiger partial charge in [0.2, 0.25) is 5.91 Å². The molecule has 0 aliphatic carbocycles. The lowest BCUT2D eigenvalue weighted by atomic mass is 9.94. The zero-order valence-corrected chi connectivity index (χ0v) is 15.1. The summed E-state index contributed by atoms with van der Waals surface area (Å²) in [6.45, 7) is 1.36. The Morgan fingerprint density at radius 3 is 3.07 bits per heavy atom. The number of H-pyrrole nitrogens is 1. The Bertz CT molecular complexity index is 987. The molecule has 4 rings (SSSR count). The first-order valence-corrected chi connectivity index (χ1v) is 9.27. The summed E-state index contributed by atoms with van der Waals surface area (Å²) in [5.41, 5.74) is 9.05. The minimum absolute atomic E-state index is 0.0540. The van der Waals surface area contributed by atoms with E-state index in [2.05, 4.69) is 27.5 Å². The summed E-state index contributed by atoms with van der Waals surface area (Å²) in [4.78, 5) is 26.9. The van der Waals surface area contributed by atoms with Crippen LogP contribution in [-0.2, 0) is 24.2 Å². The van der Waals surface area contributed by atoms with Crippen LogP contribution >= 0.6 is 0 Å². The van der Waals surface area contributed by atoms with E-state index in [1.54, 1.807) is 6.20 Å². The number of aromatic amines is 1. The molecule has 1 aliphatic rings. The molecule has 4 N–H and O–H groups in total. The van der Waals surface area contributed by atoms with E-state index in [9.17, 15) is 9.59 Å². The van der Waals surface area contributed by atoms with Crippen molar-refractivity contribution in [3.05, 3.63) is 53.5 Å². The number of aryl methyl sites for hydroxylation is 2. The fraction of sp³-hybridized carbons (Fsp3) is 0.350. The molecule has 0 saturated carbocycles. The molecule has 27 heavy (non-hydrogen) atoms. The maximum absolute atomic E-state index is 12.2. The van der Waals surface area contributed by atoms with E-state index in [1.807, 2.05) is 23.0 Å². The lowest BCUT2D eigenvalue weighted by Crippen LogP contribution is -2.34. The van der Waals surface area contributed by atoms with Crippen molar-refractivity contribution in [1.82, 2.24) is 20.1 Å². The monoisotopic (exact) mass is 365 g/mol. The maximum atomic E-state index is 12.2. The molecular weight excluding hydrogens is 342 g/mol. The van der Waals surface area contributed by atoms with Gasteiger partial charge in [0.1, 0.15) is 0 Å². The number of rotatable bonds is 6. The largest absolute Gasteiger partial charge is 0.365 e. The summed E-state index contributed by atoms with van der Waals surface area (Å²) in [7, 11) is 0. The third-order valence-electron chi connectivity index (χ3n) is 5.29.